The van der Waals surface area contributed by atoms with E-state index in [1.807, 2.05) is 0 Å². The van der Waals surface area contributed by atoms with Crippen molar-refractivity contribution in [3.63, 3.8) is 0 Å². The summed E-state index contributed by atoms with van der Waals surface area (Å²) in [7, 11) is 0. The van der Waals surface area contributed by atoms with Gasteiger partial charge in [-0.25, -0.2) is 0 Å². The van der Waals surface area contributed by atoms with E-state index in [-0.39, 0.29) is 0 Å². The van der Waals surface area contributed by atoms with Crippen molar-refractivity contribution in [3.8, 4) is 0 Å². The molecule has 3 aliphatic carbocycles. The molecule has 0 aromatic rings. The lowest BCUT2D eigenvalue weighted by atomic mass is 9.51. The molecule has 0 nitrogen and oxygen atoms in total. The van der Waals surface area contributed by atoms with Crippen molar-refractivity contribution in [2.75, 3.05) is 0 Å². The van der Waals surface area contributed by atoms with Crippen molar-refractivity contribution >= 4 is 0 Å². The first-order valence-electron chi connectivity index (χ1n) is 9.22. The third kappa shape index (κ3) is 2.61. The van der Waals surface area contributed by atoms with Gasteiger partial charge in [0.15, 0.2) is 0 Å². The van der Waals surface area contributed by atoms with Crippen LogP contribution in [0.1, 0.15) is 90.9 Å². The second-order valence-electron chi connectivity index (χ2n) is 8.24. The van der Waals surface area contributed by atoms with E-state index in [4.69, 9.17) is 0 Å². The maximum atomic E-state index is 2.69. The molecule has 0 spiro atoms. The van der Waals surface area contributed by atoms with Gasteiger partial charge in [-0.1, -0.05) is 78.1 Å². The Morgan fingerprint density at radius 1 is 0.789 bits per heavy atom. The highest BCUT2D eigenvalue weighted by Gasteiger charge is 2.47. The summed E-state index contributed by atoms with van der Waals surface area (Å²) in [6, 6.07) is 0. The van der Waals surface area contributed by atoms with E-state index in [0.717, 1.165) is 23.7 Å². The second kappa shape index (κ2) is 5.78. The lowest BCUT2D eigenvalue weighted by Crippen LogP contribution is -2.45. The monoisotopic (exact) mass is 262 g/mol. The Labute approximate surface area is 120 Å². The van der Waals surface area contributed by atoms with E-state index >= 15 is 0 Å². The predicted molar refractivity (Wildman–Crippen MR) is 83.1 cm³/mol. The van der Waals surface area contributed by atoms with Crippen LogP contribution < -0.4 is 0 Å². The van der Waals surface area contributed by atoms with Gasteiger partial charge in [-0.3, -0.25) is 0 Å². The minimum Gasteiger partial charge on any atom is -0.0617 e. The Morgan fingerprint density at radius 3 is 2.21 bits per heavy atom. The first-order valence-corrected chi connectivity index (χ1v) is 9.22. The van der Waals surface area contributed by atoms with E-state index in [2.05, 4.69) is 13.8 Å². The highest BCUT2D eigenvalue weighted by atomic mass is 14.5. The van der Waals surface area contributed by atoms with Crippen LogP contribution in [-0.2, 0) is 0 Å². The minimum atomic E-state index is 0.686. The van der Waals surface area contributed by atoms with Crippen LogP contribution in [0.25, 0.3) is 0 Å². The molecule has 3 aliphatic rings. The summed E-state index contributed by atoms with van der Waals surface area (Å²) >= 11 is 0. The summed E-state index contributed by atoms with van der Waals surface area (Å²) in [4.78, 5) is 0. The fraction of sp³-hybridized carbons (Fsp3) is 1.00. The van der Waals surface area contributed by atoms with E-state index in [9.17, 15) is 0 Å². The van der Waals surface area contributed by atoms with Gasteiger partial charge in [0.2, 0.25) is 0 Å². The second-order valence-corrected chi connectivity index (χ2v) is 8.24. The predicted octanol–water partition coefficient (Wildman–Crippen LogP) is 6.20. The molecule has 0 heterocycles. The fourth-order valence-corrected chi connectivity index (χ4v) is 6.09. The number of hydrogen-bond donors (Lipinski definition) is 0. The van der Waals surface area contributed by atoms with E-state index in [1.54, 1.807) is 19.3 Å². The lowest BCUT2D eigenvalue weighted by molar-refractivity contribution is -0.0414. The van der Waals surface area contributed by atoms with Crippen molar-refractivity contribution in [2.45, 2.75) is 90.9 Å². The molecule has 3 fully saturated rings. The van der Waals surface area contributed by atoms with Gasteiger partial charge >= 0.3 is 0 Å². The molecule has 0 heteroatoms. The summed E-state index contributed by atoms with van der Waals surface area (Å²) in [5.74, 6) is 4.21. The molecule has 0 N–H and O–H groups in total. The quantitative estimate of drug-likeness (QED) is 0.556. The summed E-state index contributed by atoms with van der Waals surface area (Å²) in [6.45, 7) is 5.32. The van der Waals surface area contributed by atoms with Crippen molar-refractivity contribution in [3.05, 3.63) is 0 Å². The number of hydrogen-bond acceptors (Lipinski definition) is 0. The van der Waals surface area contributed by atoms with Crippen LogP contribution in [0.3, 0.4) is 0 Å². The molecular weight excluding hydrogens is 228 g/mol. The maximum Gasteiger partial charge on any atom is -0.0267 e. The normalized spacial score (nSPS) is 42.6. The van der Waals surface area contributed by atoms with Gasteiger partial charge in [0.1, 0.15) is 0 Å². The Kier molecular flexibility index (Phi) is 4.25. The molecule has 3 saturated carbocycles. The van der Waals surface area contributed by atoms with Crippen LogP contribution >= 0.6 is 0 Å². The molecule has 0 aliphatic heterocycles. The third-order valence-corrected chi connectivity index (χ3v) is 7.44. The average molecular weight is 262 g/mol. The zero-order chi connectivity index (χ0) is 13.3. The van der Waals surface area contributed by atoms with Gasteiger partial charge in [0.05, 0.1) is 0 Å². The molecule has 0 radical (unpaired) electrons. The SMILES string of the molecule is CC(C1CCCCC1)C1(C)CCCC2CCCCC21. The van der Waals surface area contributed by atoms with Crippen LogP contribution in [0.4, 0.5) is 0 Å². The summed E-state index contributed by atoms with van der Waals surface area (Å²) in [5, 5.41) is 0. The number of fused-ring (bicyclic) bond motifs is 1. The summed E-state index contributed by atoms with van der Waals surface area (Å²) in [6.07, 6.45) is 18.4. The lowest BCUT2D eigenvalue weighted by Gasteiger charge is -2.54. The van der Waals surface area contributed by atoms with Crippen LogP contribution in [-0.4, -0.2) is 0 Å². The third-order valence-electron chi connectivity index (χ3n) is 7.44. The van der Waals surface area contributed by atoms with E-state index in [0.29, 0.717) is 5.41 Å². The average Bonchev–Trinajstić information content (AvgIpc) is 2.48. The maximum absolute atomic E-state index is 2.69. The smallest absolute Gasteiger partial charge is 0.0267 e. The molecule has 110 valence electrons. The largest absolute Gasteiger partial charge is 0.0617 e. The molecule has 3 rings (SSSR count). The fourth-order valence-electron chi connectivity index (χ4n) is 6.09. The van der Waals surface area contributed by atoms with Gasteiger partial charge in [-0.15, -0.1) is 0 Å². The molecule has 0 saturated heterocycles. The van der Waals surface area contributed by atoms with Crippen LogP contribution in [0.5, 0.6) is 0 Å². The van der Waals surface area contributed by atoms with Gasteiger partial charge < -0.3 is 0 Å². The van der Waals surface area contributed by atoms with Crippen molar-refractivity contribution in [1.29, 1.82) is 0 Å². The minimum absolute atomic E-state index is 0.686. The number of rotatable bonds is 2. The van der Waals surface area contributed by atoms with Gasteiger partial charge in [0.25, 0.3) is 0 Å². The zero-order valence-corrected chi connectivity index (χ0v) is 13.3. The molecule has 0 bridgehead atoms. The van der Waals surface area contributed by atoms with Crippen molar-refractivity contribution in [2.24, 2.45) is 29.1 Å². The summed E-state index contributed by atoms with van der Waals surface area (Å²) in [5.41, 5.74) is 0.686. The zero-order valence-electron chi connectivity index (χ0n) is 13.3. The van der Waals surface area contributed by atoms with Crippen LogP contribution in [0.15, 0.2) is 0 Å². The Balaban J connectivity index is 1.75. The first-order chi connectivity index (χ1) is 9.22. The molecule has 0 amide bonds. The van der Waals surface area contributed by atoms with Gasteiger partial charge in [-0.05, 0) is 41.9 Å². The van der Waals surface area contributed by atoms with E-state index in [1.165, 1.54) is 57.8 Å². The molecular formula is C19H34. The van der Waals surface area contributed by atoms with Crippen LogP contribution in [0, 0.1) is 29.1 Å². The van der Waals surface area contributed by atoms with Crippen molar-refractivity contribution < 1.29 is 0 Å². The van der Waals surface area contributed by atoms with Crippen molar-refractivity contribution in [1.82, 2.24) is 0 Å². The standard InChI is InChI=1S/C19H34/c1-15(16-9-4-3-5-10-16)19(2)14-8-12-17-11-6-7-13-18(17)19/h15-18H,3-14H2,1-2H3. The summed E-state index contributed by atoms with van der Waals surface area (Å²) < 4.78 is 0. The Hall–Kier alpha value is 0. The van der Waals surface area contributed by atoms with E-state index < -0.39 is 0 Å². The Morgan fingerprint density at radius 2 is 1.42 bits per heavy atom. The molecule has 19 heavy (non-hydrogen) atoms. The Bertz CT molecular complexity index is 286. The highest BCUT2D eigenvalue weighted by molar-refractivity contribution is 4.97. The molecule has 4 unspecified atom stereocenters. The van der Waals surface area contributed by atoms with Crippen LogP contribution in [0.2, 0.25) is 0 Å². The first kappa shape index (κ1) is 14.0. The van der Waals surface area contributed by atoms with Gasteiger partial charge in [-0.2, -0.15) is 0 Å². The highest BCUT2D eigenvalue weighted by Crippen LogP contribution is 2.56. The molecule has 0 aromatic heterocycles. The molecule has 4 atom stereocenters. The molecule has 0 aromatic carbocycles. The van der Waals surface area contributed by atoms with Gasteiger partial charge in [0, 0.05) is 0 Å². The topological polar surface area (TPSA) is 0 Å².